The highest BCUT2D eigenvalue weighted by Crippen LogP contribution is 2.22. The lowest BCUT2D eigenvalue weighted by Crippen LogP contribution is -2.61. The number of oxazole rings is 1. The van der Waals surface area contributed by atoms with Crippen molar-refractivity contribution in [3.63, 3.8) is 0 Å². The fourth-order valence-corrected chi connectivity index (χ4v) is 5.68. The molecule has 1 aromatic heterocycles. The van der Waals surface area contributed by atoms with Gasteiger partial charge in [-0.3, -0.25) is 28.8 Å². The van der Waals surface area contributed by atoms with Gasteiger partial charge in [-0.2, -0.15) is 0 Å². The molecule has 0 aliphatic heterocycles. The summed E-state index contributed by atoms with van der Waals surface area (Å²) >= 11 is 5.97. The molecule has 10 N–H and O–H groups in total. The minimum absolute atomic E-state index is 0.171. The topological polar surface area (TPSA) is 261 Å². The normalized spacial score (nSPS) is 14.3. The summed E-state index contributed by atoms with van der Waals surface area (Å²) in [7, 11) is 0. The molecule has 56 heavy (non-hydrogen) atoms. The van der Waals surface area contributed by atoms with Gasteiger partial charge < -0.3 is 47.6 Å². The number of aliphatic hydroxyl groups is 1. The lowest BCUT2D eigenvalue weighted by atomic mass is 10.0. The molecule has 6 atom stereocenters. The summed E-state index contributed by atoms with van der Waals surface area (Å²) in [5.74, 6) is -4.54. The zero-order chi connectivity index (χ0) is 40.9. The third-order valence-corrected chi connectivity index (χ3v) is 9.09. The van der Waals surface area contributed by atoms with E-state index < -0.39 is 71.6 Å². The van der Waals surface area contributed by atoms with E-state index in [0.717, 1.165) is 11.1 Å². The fourth-order valence-electron chi connectivity index (χ4n) is 5.56. The first-order valence-corrected chi connectivity index (χ1v) is 18.5. The Morgan fingerprint density at radius 3 is 1.93 bits per heavy atom. The van der Waals surface area contributed by atoms with E-state index in [4.69, 9.17) is 27.5 Å². The number of nitrogens with two attached hydrogens (primary N) is 2. The molecule has 0 radical (unpaired) electrons. The number of Topliss-reactive ketones (excluding diaryl/α,β-unsaturated/α-hetero) is 1. The number of ketones is 1. The third-order valence-electron chi connectivity index (χ3n) is 8.83. The summed E-state index contributed by atoms with van der Waals surface area (Å²) in [6.07, 6.45) is -0.240. The molecule has 0 spiro atoms. The molecule has 0 aliphatic rings. The number of halogens is 1. The minimum Gasteiger partial charge on any atom is -0.434 e. The van der Waals surface area contributed by atoms with Crippen molar-refractivity contribution in [2.24, 2.45) is 11.5 Å². The highest BCUT2D eigenvalue weighted by molar-refractivity contribution is 6.30. The molecule has 0 unspecified atom stereocenters. The number of fused-ring (bicyclic) bond motifs is 1. The SMILES string of the molecule is C[C@H](NC(=O)[C@@H](NC(=O)[C@H](CN)NC(=O)c1ccc(-c2ccc(Cl)cc2)cc1)[C@@H](C)O)C(=O)N[C@@H](CCCCN)C(=O)N[C@@H](C)C(=O)c1nc2ccccc2o1. The van der Waals surface area contributed by atoms with E-state index in [9.17, 15) is 33.9 Å². The monoisotopic (exact) mass is 790 g/mol. The fraction of sp³-hybridized carbons (Fsp3) is 0.359. The molecule has 1 heterocycles. The molecule has 3 aromatic carbocycles. The van der Waals surface area contributed by atoms with Crippen molar-refractivity contribution >= 4 is 58.0 Å². The Morgan fingerprint density at radius 2 is 1.32 bits per heavy atom. The molecule has 0 saturated carbocycles. The van der Waals surface area contributed by atoms with Crippen molar-refractivity contribution in [2.75, 3.05) is 13.1 Å². The number of carbonyl (C=O) groups is 6. The van der Waals surface area contributed by atoms with Gasteiger partial charge in [-0.05, 0) is 94.1 Å². The van der Waals surface area contributed by atoms with Gasteiger partial charge in [0.15, 0.2) is 5.58 Å². The van der Waals surface area contributed by atoms with Crippen LogP contribution in [0, 0.1) is 0 Å². The second-order valence-corrected chi connectivity index (χ2v) is 13.7. The number of nitrogens with zero attached hydrogens (tertiary/aromatic N) is 1. The molecule has 4 aromatic rings. The molecule has 298 valence electrons. The molecule has 4 rings (SSSR count). The average molecular weight is 791 g/mol. The summed E-state index contributed by atoms with van der Waals surface area (Å²) in [4.78, 5) is 83.2. The smallest absolute Gasteiger partial charge is 0.266 e. The van der Waals surface area contributed by atoms with Crippen molar-refractivity contribution < 1.29 is 38.3 Å². The van der Waals surface area contributed by atoms with E-state index in [2.05, 4.69) is 31.6 Å². The lowest BCUT2D eigenvalue weighted by molar-refractivity contribution is -0.135. The van der Waals surface area contributed by atoms with Crippen molar-refractivity contribution in [1.82, 2.24) is 31.6 Å². The Morgan fingerprint density at radius 1 is 0.714 bits per heavy atom. The first-order chi connectivity index (χ1) is 26.7. The van der Waals surface area contributed by atoms with Crippen molar-refractivity contribution in [3.05, 3.63) is 89.3 Å². The number of unbranched alkanes of at least 4 members (excludes halogenated alkanes) is 1. The summed E-state index contributed by atoms with van der Waals surface area (Å²) in [6.45, 7) is 4.08. The summed E-state index contributed by atoms with van der Waals surface area (Å²) in [6, 6.07) is 14.4. The maximum absolute atomic E-state index is 13.3. The number of amides is 5. The molecule has 0 bridgehead atoms. The number of rotatable bonds is 19. The zero-order valence-electron chi connectivity index (χ0n) is 31.2. The quantitative estimate of drug-likeness (QED) is 0.0500. The number of aromatic nitrogens is 1. The highest BCUT2D eigenvalue weighted by Gasteiger charge is 2.33. The maximum atomic E-state index is 13.3. The standard InChI is InChI=1S/C39H47ClN8O8/c1-21(33(50)39-47-28-8-4-5-10-31(28)56-39)43-36(53)29(9-6-7-19-41)45-34(51)22(2)44-38(55)32(23(3)49)48-37(54)30(20-42)46-35(52)26-13-11-24(12-14-26)25-15-17-27(40)18-16-25/h4-5,8,10-18,21-23,29-30,32,49H,6-7,9,19-20,41-42H2,1-3H3,(H,43,53)(H,44,55)(H,45,51)(H,46,52)(H,48,54)/t21-,22-,23+,29-,30-,32-/m0/s1. The molecule has 17 heteroatoms. The number of hydrogen-bond donors (Lipinski definition) is 8. The van der Waals surface area contributed by atoms with Gasteiger partial charge in [0.05, 0.1) is 12.1 Å². The second-order valence-electron chi connectivity index (χ2n) is 13.2. The molecule has 0 saturated heterocycles. The van der Waals surface area contributed by atoms with Crippen molar-refractivity contribution in [2.45, 2.75) is 76.3 Å². The lowest BCUT2D eigenvalue weighted by Gasteiger charge is -2.26. The minimum atomic E-state index is -1.55. The average Bonchev–Trinajstić information content (AvgIpc) is 3.62. The molecule has 0 aliphatic carbocycles. The van der Waals surface area contributed by atoms with Crippen LogP contribution >= 0.6 is 11.6 Å². The van der Waals surface area contributed by atoms with Gasteiger partial charge in [-0.1, -0.05) is 48.0 Å². The number of para-hydroxylation sites is 2. The van der Waals surface area contributed by atoms with Gasteiger partial charge >= 0.3 is 0 Å². The first kappa shape index (κ1) is 43.1. The number of aliphatic hydroxyl groups excluding tert-OH is 1. The predicted octanol–water partition coefficient (Wildman–Crippen LogP) is 1.58. The van der Waals surface area contributed by atoms with Crippen LogP contribution in [0.2, 0.25) is 5.02 Å². The van der Waals surface area contributed by atoms with Gasteiger partial charge in [0, 0.05) is 17.1 Å². The van der Waals surface area contributed by atoms with E-state index in [-0.39, 0.29) is 24.4 Å². The van der Waals surface area contributed by atoms with E-state index in [1.54, 1.807) is 60.7 Å². The van der Waals surface area contributed by atoms with Gasteiger partial charge in [-0.25, -0.2) is 4.98 Å². The van der Waals surface area contributed by atoms with E-state index >= 15 is 0 Å². The van der Waals surface area contributed by atoms with Gasteiger partial charge in [0.2, 0.25) is 29.4 Å². The van der Waals surface area contributed by atoms with E-state index in [0.29, 0.717) is 35.5 Å². The number of benzene rings is 3. The Labute approximate surface area is 328 Å². The Hall–Kier alpha value is -5.68. The Balaban J connectivity index is 1.34. The van der Waals surface area contributed by atoms with Gasteiger partial charge in [-0.15, -0.1) is 0 Å². The number of hydrogen-bond acceptors (Lipinski definition) is 11. The summed E-state index contributed by atoms with van der Waals surface area (Å²) < 4.78 is 5.53. The molecule has 0 fully saturated rings. The maximum Gasteiger partial charge on any atom is 0.266 e. The number of nitrogens with one attached hydrogen (secondary N) is 5. The Bertz CT molecular complexity index is 1970. The largest absolute Gasteiger partial charge is 0.434 e. The Kier molecular flexibility index (Phi) is 15.6. The van der Waals surface area contributed by atoms with Crippen LogP contribution in [0.15, 0.2) is 77.2 Å². The zero-order valence-corrected chi connectivity index (χ0v) is 32.0. The highest BCUT2D eigenvalue weighted by atomic mass is 35.5. The van der Waals surface area contributed by atoms with Gasteiger partial charge in [0.1, 0.15) is 29.7 Å². The van der Waals surface area contributed by atoms with Crippen LogP contribution in [-0.2, 0) is 19.2 Å². The van der Waals surface area contributed by atoms with E-state index in [1.807, 2.05) is 12.1 Å². The third kappa shape index (κ3) is 11.7. The van der Waals surface area contributed by atoms with E-state index in [1.165, 1.54) is 20.8 Å². The summed E-state index contributed by atoms with van der Waals surface area (Å²) in [5, 5.41) is 23.6. The van der Waals surface area contributed by atoms with Crippen LogP contribution in [0.5, 0.6) is 0 Å². The second kappa shape index (κ2) is 20.3. The van der Waals surface area contributed by atoms with Gasteiger partial charge in [0.25, 0.3) is 11.8 Å². The van der Waals surface area contributed by atoms with Crippen LogP contribution in [0.4, 0.5) is 0 Å². The summed E-state index contributed by atoms with van der Waals surface area (Å²) in [5.41, 5.74) is 14.3. The van der Waals surface area contributed by atoms with Crippen molar-refractivity contribution in [1.29, 1.82) is 0 Å². The van der Waals surface area contributed by atoms with Crippen molar-refractivity contribution in [3.8, 4) is 11.1 Å². The van der Waals surface area contributed by atoms with Crippen LogP contribution in [0.3, 0.4) is 0 Å². The number of carbonyl (C=O) groups excluding carboxylic acids is 6. The molecule has 16 nitrogen and oxygen atoms in total. The van der Waals surface area contributed by atoms with Crippen LogP contribution in [-0.4, -0.2) is 94.8 Å². The molecular formula is C39H47ClN8O8. The van der Waals surface area contributed by atoms with Crippen LogP contribution in [0.25, 0.3) is 22.2 Å². The first-order valence-electron chi connectivity index (χ1n) is 18.1. The van der Waals surface area contributed by atoms with Crippen LogP contribution < -0.4 is 38.1 Å². The molecular weight excluding hydrogens is 744 g/mol. The predicted molar refractivity (Wildman–Crippen MR) is 209 cm³/mol. The molecule has 5 amide bonds. The van der Waals surface area contributed by atoms with Crippen LogP contribution in [0.1, 0.15) is 61.1 Å².